The highest BCUT2D eigenvalue weighted by Crippen LogP contribution is 2.03. The maximum atomic E-state index is 4.46. The minimum Gasteiger partial charge on any atom is -0.313 e. The molecule has 0 aliphatic carbocycles. The Morgan fingerprint density at radius 2 is 2.00 bits per heavy atom. The smallest absolute Gasteiger partial charge is 0.0596 e. The average molecular weight is 258 g/mol. The van der Waals surface area contributed by atoms with Gasteiger partial charge >= 0.3 is 0 Å². The summed E-state index contributed by atoms with van der Waals surface area (Å²) in [6.07, 6.45) is 4.88. The molecule has 0 amide bonds. The van der Waals surface area contributed by atoms with Crippen molar-refractivity contribution >= 4 is 0 Å². The molecule has 0 atom stereocenters. The van der Waals surface area contributed by atoms with Gasteiger partial charge in [-0.2, -0.15) is 5.10 Å². The molecule has 0 saturated carbocycles. The third-order valence-electron chi connectivity index (χ3n) is 3.09. The van der Waals surface area contributed by atoms with Crippen LogP contribution in [0.2, 0.25) is 0 Å². The first-order valence-corrected chi connectivity index (χ1v) is 6.77. The van der Waals surface area contributed by atoms with Crippen LogP contribution in [-0.2, 0) is 13.1 Å². The summed E-state index contributed by atoms with van der Waals surface area (Å²) in [5.41, 5.74) is 4.78. The molecule has 1 N–H and O–H groups in total. The van der Waals surface area contributed by atoms with E-state index in [1.807, 2.05) is 19.3 Å². The molecule has 0 aliphatic heterocycles. The standard InChI is InChI=1S/C15H22N4/c1-12-7-15(11-17-9-12)10-16-5-4-6-19-14(3)8-13(2)18-19/h7-9,11,16H,4-6,10H2,1-3H3. The molecule has 0 fully saturated rings. The van der Waals surface area contributed by atoms with Gasteiger partial charge in [-0.25, -0.2) is 0 Å². The van der Waals surface area contributed by atoms with Crippen LogP contribution in [-0.4, -0.2) is 21.3 Å². The third kappa shape index (κ3) is 4.17. The van der Waals surface area contributed by atoms with Crippen LogP contribution in [0.4, 0.5) is 0 Å². The molecule has 2 heterocycles. The molecule has 4 heteroatoms. The minimum absolute atomic E-state index is 0.881. The van der Waals surface area contributed by atoms with Gasteiger partial charge in [0.1, 0.15) is 0 Å². The largest absolute Gasteiger partial charge is 0.313 e. The third-order valence-corrected chi connectivity index (χ3v) is 3.09. The van der Waals surface area contributed by atoms with Crippen LogP contribution in [0.5, 0.6) is 0 Å². The molecule has 0 radical (unpaired) electrons. The molecule has 2 aromatic heterocycles. The van der Waals surface area contributed by atoms with Crippen LogP contribution < -0.4 is 5.32 Å². The van der Waals surface area contributed by atoms with Crippen molar-refractivity contribution in [3.8, 4) is 0 Å². The fourth-order valence-corrected chi connectivity index (χ4v) is 2.20. The monoisotopic (exact) mass is 258 g/mol. The van der Waals surface area contributed by atoms with Crippen molar-refractivity contribution in [1.29, 1.82) is 0 Å². The number of nitrogens with one attached hydrogen (secondary N) is 1. The second kappa shape index (κ2) is 6.48. The summed E-state index contributed by atoms with van der Waals surface area (Å²) in [4.78, 5) is 4.19. The van der Waals surface area contributed by atoms with Crippen molar-refractivity contribution < 1.29 is 0 Å². The summed E-state index contributed by atoms with van der Waals surface area (Å²) in [6, 6.07) is 4.28. The Hall–Kier alpha value is -1.68. The number of aryl methyl sites for hydroxylation is 4. The lowest BCUT2D eigenvalue weighted by molar-refractivity contribution is 0.532. The summed E-state index contributed by atoms with van der Waals surface area (Å²) in [5.74, 6) is 0. The molecule has 102 valence electrons. The van der Waals surface area contributed by atoms with Crippen molar-refractivity contribution in [1.82, 2.24) is 20.1 Å². The Kier molecular flexibility index (Phi) is 4.68. The van der Waals surface area contributed by atoms with Gasteiger partial charge in [0.15, 0.2) is 0 Å². The van der Waals surface area contributed by atoms with E-state index in [1.54, 1.807) is 0 Å². The summed E-state index contributed by atoms with van der Waals surface area (Å²) >= 11 is 0. The topological polar surface area (TPSA) is 42.7 Å². The number of hydrogen-bond acceptors (Lipinski definition) is 3. The van der Waals surface area contributed by atoms with E-state index in [9.17, 15) is 0 Å². The van der Waals surface area contributed by atoms with Crippen molar-refractivity contribution in [3.05, 3.63) is 47.0 Å². The highest BCUT2D eigenvalue weighted by atomic mass is 15.3. The summed E-state index contributed by atoms with van der Waals surface area (Å²) in [6.45, 7) is 9.05. The molecule has 4 nitrogen and oxygen atoms in total. The first-order valence-electron chi connectivity index (χ1n) is 6.77. The van der Waals surface area contributed by atoms with Crippen LogP contribution in [0.3, 0.4) is 0 Å². The molecule has 0 aliphatic rings. The van der Waals surface area contributed by atoms with Crippen LogP contribution >= 0.6 is 0 Å². The van der Waals surface area contributed by atoms with Gasteiger partial charge in [-0.15, -0.1) is 0 Å². The van der Waals surface area contributed by atoms with Gasteiger partial charge < -0.3 is 5.32 Å². The van der Waals surface area contributed by atoms with E-state index in [0.717, 1.165) is 31.7 Å². The summed E-state index contributed by atoms with van der Waals surface area (Å²) in [5, 5.41) is 7.90. The highest BCUT2D eigenvalue weighted by Gasteiger charge is 2.00. The maximum absolute atomic E-state index is 4.46. The summed E-state index contributed by atoms with van der Waals surface area (Å²) < 4.78 is 2.07. The molecule has 2 aromatic rings. The first-order chi connectivity index (χ1) is 9.15. The molecule has 0 spiro atoms. The fourth-order valence-electron chi connectivity index (χ4n) is 2.20. The van der Waals surface area contributed by atoms with Crippen molar-refractivity contribution in [3.63, 3.8) is 0 Å². The molecule has 0 bridgehead atoms. The Morgan fingerprint density at radius 3 is 2.68 bits per heavy atom. The van der Waals surface area contributed by atoms with Crippen molar-refractivity contribution in [2.45, 2.75) is 40.3 Å². The average Bonchev–Trinajstić information content (AvgIpc) is 2.68. The van der Waals surface area contributed by atoms with Crippen LogP contribution in [0.25, 0.3) is 0 Å². The molecular formula is C15H22N4. The fraction of sp³-hybridized carbons (Fsp3) is 0.467. The van der Waals surface area contributed by atoms with Crippen LogP contribution in [0, 0.1) is 20.8 Å². The normalized spacial score (nSPS) is 10.9. The zero-order valence-corrected chi connectivity index (χ0v) is 12.0. The van der Waals surface area contributed by atoms with Gasteiger partial charge in [-0.05, 0) is 50.9 Å². The van der Waals surface area contributed by atoms with Gasteiger partial charge in [0, 0.05) is 31.2 Å². The van der Waals surface area contributed by atoms with Crippen molar-refractivity contribution in [2.75, 3.05) is 6.54 Å². The molecular weight excluding hydrogens is 236 g/mol. The Balaban J connectivity index is 1.69. The lowest BCUT2D eigenvalue weighted by Crippen LogP contribution is -2.17. The highest BCUT2D eigenvalue weighted by molar-refractivity contribution is 5.16. The minimum atomic E-state index is 0.881. The van der Waals surface area contributed by atoms with E-state index >= 15 is 0 Å². The number of pyridine rings is 1. The number of hydrogen-bond donors (Lipinski definition) is 1. The second-order valence-corrected chi connectivity index (χ2v) is 5.05. The molecule has 0 saturated heterocycles. The zero-order chi connectivity index (χ0) is 13.7. The van der Waals surface area contributed by atoms with Crippen LogP contribution in [0.1, 0.15) is 28.9 Å². The van der Waals surface area contributed by atoms with E-state index in [2.05, 4.69) is 46.1 Å². The maximum Gasteiger partial charge on any atom is 0.0596 e. The summed E-state index contributed by atoms with van der Waals surface area (Å²) in [7, 11) is 0. The van der Waals surface area contributed by atoms with E-state index in [0.29, 0.717) is 0 Å². The Bertz CT molecular complexity index is 531. The zero-order valence-electron chi connectivity index (χ0n) is 12.0. The predicted molar refractivity (Wildman–Crippen MR) is 77.0 cm³/mol. The van der Waals surface area contributed by atoms with Crippen molar-refractivity contribution in [2.24, 2.45) is 0 Å². The van der Waals surface area contributed by atoms with E-state index < -0.39 is 0 Å². The van der Waals surface area contributed by atoms with Gasteiger partial charge in [0.2, 0.25) is 0 Å². The molecule has 19 heavy (non-hydrogen) atoms. The van der Waals surface area contributed by atoms with Gasteiger partial charge in [-0.1, -0.05) is 6.07 Å². The number of rotatable bonds is 6. The molecule has 0 unspecified atom stereocenters. The van der Waals surface area contributed by atoms with Gasteiger partial charge in [0.25, 0.3) is 0 Å². The van der Waals surface area contributed by atoms with E-state index in [4.69, 9.17) is 0 Å². The van der Waals surface area contributed by atoms with Crippen LogP contribution in [0.15, 0.2) is 24.5 Å². The Labute approximate surface area is 114 Å². The molecule has 2 rings (SSSR count). The Morgan fingerprint density at radius 1 is 1.16 bits per heavy atom. The first kappa shape index (κ1) is 13.7. The van der Waals surface area contributed by atoms with Gasteiger partial charge in [-0.3, -0.25) is 9.67 Å². The van der Waals surface area contributed by atoms with E-state index in [1.165, 1.54) is 16.8 Å². The molecule has 0 aromatic carbocycles. The lowest BCUT2D eigenvalue weighted by Gasteiger charge is -2.07. The number of aromatic nitrogens is 3. The number of nitrogens with zero attached hydrogens (tertiary/aromatic N) is 3. The quantitative estimate of drug-likeness (QED) is 0.809. The SMILES string of the molecule is Cc1cncc(CNCCCn2nc(C)cc2C)c1. The predicted octanol–water partition coefficient (Wildman–Crippen LogP) is 2.38. The second-order valence-electron chi connectivity index (χ2n) is 5.05. The lowest BCUT2D eigenvalue weighted by atomic mass is 10.2. The van der Waals surface area contributed by atoms with E-state index in [-0.39, 0.29) is 0 Å². The van der Waals surface area contributed by atoms with Gasteiger partial charge in [0.05, 0.1) is 5.69 Å².